The van der Waals surface area contributed by atoms with E-state index in [0.717, 1.165) is 33.7 Å². The molecule has 0 unspecified atom stereocenters. The monoisotopic (exact) mass is 473 g/mol. The molecule has 2 aromatic carbocycles. The van der Waals surface area contributed by atoms with E-state index in [1.54, 1.807) is 12.1 Å². The smallest absolute Gasteiger partial charge is 0.244 e. The number of aryl methyl sites for hydroxylation is 2. The molecule has 0 heterocycles. The normalized spacial score (nSPS) is 12.2. The summed E-state index contributed by atoms with van der Waals surface area (Å²) in [4.78, 5) is 27.9. The highest BCUT2D eigenvalue weighted by Crippen LogP contribution is 2.22. The molecular formula is C25H35N3O4S. The second-order valence-electron chi connectivity index (χ2n) is 8.26. The molecule has 2 rings (SSSR count). The first-order chi connectivity index (χ1) is 15.6. The predicted octanol–water partition coefficient (Wildman–Crippen LogP) is 3.40. The molecule has 0 aliphatic heterocycles. The van der Waals surface area contributed by atoms with Crippen molar-refractivity contribution in [3.8, 4) is 0 Å². The lowest BCUT2D eigenvalue weighted by Crippen LogP contribution is -2.52. The van der Waals surface area contributed by atoms with E-state index in [2.05, 4.69) is 5.32 Å². The molecule has 180 valence electrons. The van der Waals surface area contributed by atoms with Crippen LogP contribution in [0.1, 0.15) is 43.4 Å². The molecule has 1 atom stereocenters. The number of amides is 2. The Kier molecular flexibility index (Phi) is 9.46. The summed E-state index contributed by atoms with van der Waals surface area (Å²) in [5, 5.41) is 2.87. The lowest BCUT2D eigenvalue weighted by molar-refractivity contribution is -0.140. The number of carbonyl (C=O) groups excluding carboxylic acids is 2. The van der Waals surface area contributed by atoms with Crippen molar-refractivity contribution in [2.45, 2.75) is 53.1 Å². The number of carbonyl (C=O) groups is 2. The van der Waals surface area contributed by atoms with Crippen LogP contribution in [0.2, 0.25) is 0 Å². The van der Waals surface area contributed by atoms with E-state index < -0.39 is 22.0 Å². The van der Waals surface area contributed by atoms with Gasteiger partial charge in [-0.2, -0.15) is 0 Å². The minimum absolute atomic E-state index is 0.211. The van der Waals surface area contributed by atoms with Crippen molar-refractivity contribution in [2.75, 3.05) is 23.7 Å². The van der Waals surface area contributed by atoms with Crippen molar-refractivity contribution >= 4 is 27.5 Å². The van der Waals surface area contributed by atoms with Gasteiger partial charge in [0.2, 0.25) is 21.8 Å². The Hall–Kier alpha value is -2.87. The first kappa shape index (κ1) is 26.4. The molecule has 0 aliphatic carbocycles. The number of benzene rings is 2. The lowest BCUT2D eigenvalue weighted by Gasteiger charge is -2.33. The summed E-state index contributed by atoms with van der Waals surface area (Å²) in [6.07, 6.45) is 2.28. The van der Waals surface area contributed by atoms with Crippen molar-refractivity contribution < 1.29 is 18.0 Å². The van der Waals surface area contributed by atoms with Crippen LogP contribution in [0.25, 0.3) is 0 Å². The van der Waals surface area contributed by atoms with E-state index in [4.69, 9.17) is 0 Å². The summed E-state index contributed by atoms with van der Waals surface area (Å²) >= 11 is 0. The fourth-order valence-corrected chi connectivity index (χ4v) is 4.40. The molecular weight excluding hydrogens is 438 g/mol. The van der Waals surface area contributed by atoms with Gasteiger partial charge in [-0.15, -0.1) is 0 Å². The van der Waals surface area contributed by atoms with Crippen LogP contribution in [0, 0.1) is 13.8 Å². The third kappa shape index (κ3) is 7.32. The van der Waals surface area contributed by atoms with Crippen LogP contribution in [-0.2, 0) is 26.2 Å². The van der Waals surface area contributed by atoms with Gasteiger partial charge >= 0.3 is 0 Å². The summed E-state index contributed by atoms with van der Waals surface area (Å²) in [5.41, 5.74) is 3.25. The van der Waals surface area contributed by atoms with E-state index in [-0.39, 0.29) is 19.0 Å². The van der Waals surface area contributed by atoms with Gasteiger partial charge < -0.3 is 10.2 Å². The Labute approximate surface area is 197 Å². The fourth-order valence-electron chi connectivity index (χ4n) is 3.56. The highest BCUT2D eigenvalue weighted by molar-refractivity contribution is 7.92. The number of rotatable bonds is 11. The van der Waals surface area contributed by atoms with Crippen molar-refractivity contribution in [3.05, 3.63) is 65.2 Å². The van der Waals surface area contributed by atoms with Gasteiger partial charge in [-0.25, -0.2) is 8.42 Å². The molecule has 33 heavy (non-hydrogen) atoms. The third-order valence-corrected chi connectivity index (χ3v) is 6.73. The lowest BCUT2D eigenvalue weighted by atomic mass is 10.1. The minimum Gasteiger partial charge on any atom is -0.354 e. The first-order valence-corrected chi connectivity index (χ1v) is 13.1. The average Bonchev–Trinajstić information content (AvgIpc) is 2.77. The Balaban J connectivity index is 2.41. The Morgan fingerprint density at radius 2 is 1.67 bits per heavy atom. The van der Waals surface area contributed by atoms with Gasteiger partial charge in [-0.3, -0.25) is 13.9 Å². The minimum atomic E-state index is -3.73. The van der Waals surface area contributed by atoms with Gasteiger partial charge in [0.25, 0.3) is 0 Å². The average molecular weight is 474 g/mol. The quantitative estimate of drug-likeness (QED) is 0.542. The summed E-state index contributed by atoms with van der Waals surface area (Å²) < 4.78 is 26.4. The van der Waals surface area contributed by atoms with Crippen LogP contribution in [0.5, 0.6) is 0 Å². The number of nitrogens with zero attached hydrogens (tertiary/aromatic N) is 2. The molecule has 0 aliphatic rings. The van der Waals surface area contributed by atoms with Crippen LogP contribution >= 0.6 is 0 Å². The van der Waals surface area contributed by atoms with Crippen LogP contribution in [0.15, 0.2) is 48.5 Å². The fraction of sp³-hybridized carbons (Fsp3) is 0.440. The highest BCUT2D eigenvalue weighted by Gasteiger charge is 2.31. The second kappa shape index (κ2) is 11.8. The number of hydrogen-bond donors (Lipinski definition) is 1. The number of anilines is 1. The molecule has 0 bridgehead atoms. The zero-order valence-corrected chi connectivity index (χ0v) is 21.0. The number of hydrogen-bond acceptors (Lipinski definition) is 4. The zero-order chi connectivity index (χ0) is 24.6. The molecule has 7 nitrogen and oxygen atoms in total. The molecule has 2 aromatic rings. The van der Waals surface area contributed by atoms with E-state index in [1.807, 2.05) is 64.1 Å². The van der Waals surface area contributed by atoms with Gasteiger partial charge in [0, 0.05) is 13.1 Å². The maximum atomic E-state index is 13.5. The van der Waals surface area contributed by atoms with Gasteiger partial charge in [-0.1, -0.05) is 50.2 Å². The molecule has 0 radical (unpaired) electrons. The maximum absolute atomic E-state index is 13.5. The summed E-state index contributed by atoms with van der Waals surface area (Å²) in [6, 6.07) is 14.0. The molecule has 0 aromatic heterocycles. The molecule has 0 saturated carbocycles. The Morgan fingerprint density at radius 3 is 2.21 bits per heavy atom. The highest BCUT2D eigenvalue weighted by atomic mass is 32.2. The SMILES string of the molecule is CCCNC(=O)[C@@H](CC)N(Cc1ccccc1)C(=O)CN(c1ccc(C)c(C)c1)S(C)(=O)=O. The van der Waals surface area contributed by atoms with Gasteiger partial charge in [-0.05, 0) is 55.5 Å². The van der Waals surface area contributed by atoms with E-state index in [0.29, 0.717) is 18.7 Å². The Morgan fingerprint density at radius 1 is 1.00 bits per heavy atom. The Bertz CT molecular complexity index is 1050. The van der Waals surface area contributed by atoms with Crippen LogP contribution < -0.4 is 9.62 Å². The van der Waals surface area contributed by atoms with E-state index >= 15 is 0 Å². The molecule has 1 N–H and O–H groups in total. The third-order valence-electron chi connectivity index (χ3n) is 5.59. The largest absolute Gasteiger partial charge is 0.354 e. The number of nitrogens with one attached hydrogen (secondary N) is 1. The molecule has 8 heteroatoms. The number of sulfonamides is 1. The van der Waals surface area contributed by atoms with E-state index in [9.17, 15) is 18.0 Å². The summed E-state index contributed by atoms with van der Waals surface area (Å²) in [6.45, 7) is 7.99. The zero-order valence-electron chi connectivity index (χ0n) is 20.2. The van der Waals surface area contributed by atoms with Crippen LogP contribution in [-0.4, -0.2) is 50.5 Å². The van der Waals surface area contributed by atoms with Crippen LogP contribution in [0.3, 0.4) is 0 Å². The van der Waals surface area contributed by atoms with Crippen molar-refractivity contribution in [1.29, 1.82) is 0 Å². The standard InChI is InChI=1S/C25H35N3O4S/c1-6-15-26-25(30)23(7-2)27(17-21-11-9-8-10-12-21)24(29)18-28(33(5,31)32)22-14-13-19(3)20(4)16-22/h8-14,16,23H,6-7,15,17-18H2,1-5H3,(H,26,30)/t23-/m1/s1. The van der Waals surface area contributed by atoms with Gasteiger partial charge in [0.05, 0.1) is 11.9 Å². The van der Waals surface area contributed by atoms with Gasteiger partial charge in [0.15, 0.2) is 0 Å². The van der Waals surface area contributed by atoms with Crippen molar-refractivity contribution in [3.63, 3.8) is 0 Å². The molecule has 0 saturated heterocycles. The first-order valence-electron chi connectivity index (χ1n) is 11.2. The van der Waals surface area contributed by atoms with Crippen molar-refractivity contribution in [2.24, 2.45) is 0 Å². The molecule has 0 spiro atoms. The topological polar surface area (TPSA) is 86.8 Å². The summed E-state index contributed by atoms with van der Waals surface area (Å²) in [7, 11) is -3.73. The summed E-state index contributed by atoms with van der Waals surface area (Å²) in [5.74, 6) is -0.665. The van der Waals surface area contributed by atoms with Crippen molar-refractivity contribution in [1.82, 2.24) is 10.2 Å². The predicted molar refractivity (Wildman–Crippen MR) is 132 cm³/mol. The molecule has 2 amide bonds. The maximum Gasteiger partial charge on any atom is 0.244 e. The van der Waals surface area contributed by atoms with Crippen LogP contribution in [0.4, 0.5) is 5.69 Å². The second-order valence-corrected chi connectivity index (χ2v) is 10.2. The van der Waals surface area contributed by atoms with Gasteiger partial charge in [0.1, 0.15) is 12.6 Å². The molecule has 0 fully saturated rings. The van der Waals surface area contributed by atoms with E-state index in [1.165, 1.54) is 4.90 Å².